The molecule has 2 N–H and O–H groups in total. The summed E-state index contributed by atoms with van der Waals surface area (Å²) < 4.78 is 37.9. The first kappa shape index (κ1) is 23.2. The topological polar surface area (TPSA) is 64.7 Å². The first-order valence-corrected chi connectivity index (χ1v) is 9.92. The number of rotatable bonds is 8. The van der Waals surface area contributed by atoms with Crippen molar-refractivity contribution in [3.8, 4) is 0 Å². The molecule has 1 heterocycles. The van der Waals surface area contributed by atoms with E-state index in [4.69, 9.17) is 0 Å². The van der Waals surface area contributed by atoms with Gasteiger partial charge in [0.15, 0.2) is 0 Å². The van der Waals surface area contributed by atoms with Crippen LogP contribution >= 0.6 is 0 Å². The molecule has 1 aromatic rings. The minimum atomic E-state index is -4.40. The highest BCUT2D eigenvalue weighted by Crippen LogP contribution is 2.29. The highest BCUT2D eigenvalue weighted by atomic mass is 19.4. The maximum Gasteiger partial charge on any atom is 0.416 e. The van der Waals surface area contributed by atoms with Gasteiger partial charge in [0.25, 0.3) is 0 Å². The first-order chi connectivity index (χ1) is 13.7. The van der Waals surface area contributed by atoms with Crippen LogP contribution in [0.3, 0.4) is 0 Å². The van der Waals surface area contributed by atoms with Gasteiger partial charge in [0.05, 0.1) is 18.2 Å². The van der Waals surface area contributed by atoms with Crippen molar-refractivity contribution in [2.24, 2.45) is 0 Å². The van der Waals surface area contributed by atoms with Crippen LogP contribution in [-0.2, 0) is 15.8 Å². The summed E-state index contributed by atoms with van der Waals surface area (Å²) in [6.07, 6.45) is -2.40. The van der Waals surface area contributed by atoms with Crippen molar-refractivity contribution in [2.45, 2.75) is 38.9 Å². The molecular formula is C20H29F3N4O2. The lowest BCUT2D eigenvalue weighted by atomic mass is 10.1. The number of piperazine rings is 1. The first-order valence-electron chi connectivity index (χ1n) is 9.92. The van der Waals surface area contributed by atoms with E-state index in [0.717, 1.165) is 25.0 Å². The van der Waals surface area contributed by atoms with Crippen LogP contribution in [-0.4, -0.2) is 66.9 Å². The molecule has 0 aromatic heterocycles. The lowest BCUT2D eigenvalue weighted by Gasteiger charge is -2.37. The van der Waals surface area contributed by atoms with Gasteiger partial charge in [-0.1, -0.05) is 13.3 Å². The molecule has 1 atom stereocenters. The fourth-order valence-electron chi connectivity index (χ4n) is 3.13. The van der Waals surface area contributed by atoms with Gasteiger partial charge in [0, 0.05) is 38.4 Å². The van der Waals surface area contributed by atoms with Crippen LogP contribution in [0.1, 0.15) is 32.3 Å². The monoisotopic (exact) mass is 414 g/mol. The van der Waals surface area contributed by atoms with Crippen LogP contribution in [0, 0.1) is 0 Å². The van der Waals surface area contributed by atoms with E-state index in [1.165, 1.54) is 12.1 Å². The number of amides is 2. The molecule has 29 heavy (non-hydrogen) atoms. The molecule has 0 saturated carbocycles. The van der Waals surface area contributed by atoms with E-state index in [1.807, 2.05) is 4.90 Å². The molecule has 0 aliphatic carbocycles. The molecule has 1 aliphatic rings. The standard InChI is InChI=1S/C20H29F3N4O2/c1-3-4-9-24-18(28)14-26-10-12-27(13-11-26)15(2)19(29)25-17-7-5-16(6-8-17)20(21,22)23/h5-8,15H,3-4,9-14H2,1-2H3,(H,24,28)(H,25,29)/t15-/m1/s1. The summed E-state index contributed by atoms with van der Waals surface area (Å²) in [5.74, 6) is -0.254. The molecule has 1 fully saturated rings. The maximum atomic E-state index is 12.6. The number of hydrogen-bond donors (Lipinski definition) is 2. The van der Waals surface area contributed by atoms with E-state index in [1.54, 1.807) is 6.92 Å². The third kappa shape index (κ3) is 7.32. The second kappa shape index (κ2) is 10.6. The largest absolute Gasteiger partial charge is 0.416 e. The summed E-state index contributed by atoms with van der Waals surface area (Å²) in [6.45, 7) is 7.53. The van der Waals surface area contributed by atoms with Crippen molar-refractivity contribution >= 4 is 17.5 Å². The number of hydrogen-bond acceptors (Lipinski definition) is 4. The van der Waals surface area contributed by atoms with Gasteiger partial charge in [-0.15, -0.1) is 0 Å². The minimum absolute atomic E-state index is 0.0139. The van der Waals surface area contributed by atoms with Crippen molar-refractivity contribution in [1.82, 2.24) is 15.1 Å². The fraction of sp³-hybridized carbons (Fsp3) is 0.600. The number of anilines is 1. The zero-order valence-electron chi connectivity index (χ0n) is 16.9. The SMILES string of the molecule is CCCCNC(=O)CN1CCN([C@H](C)C(=O)Nc2ccc(C(F)(F)F)cc2)CC1. The summed E-state index contributed by atoms with van der Waals surface area (Å²) in [4.78, 5) is 28.4. The molecule has 0 spiro atoms. The average Bonchev–Trinajstić information content (AvgIpc) is 2.68. The molecule has 162 valence electrons. The highest BCUT2D eigenvalue weighted by molar-refractivity contribution is 5.94. The number of carbonyl (C=O) groups is 2. The summed E-state index contributed by atoms with van der Waals surface area (Å²) in [6, 6.07) is 3.98. The predicted octanol–water partition coefficient (Wildman–Crippen LogP) is 2.57. The predicted molar refractivity (Wildman–Crippen MR) is 105 cm³/mol. The van der Waals surface area contributed by atoms with Crippen LogP contribution < -0.4 is 10.6 Å². The Kier molecular flexibility index (Phi) is 8.45. The normalized spacial score (nSPS) is 17.0. The number of halogens is 3. The third-order valence-corrected chi connectivity index (χ3v) is 5.03. The molecule has 0 bridgehead atoms. The van der Waals surface area contributed by atoms with Crippen LogP contribution in [0.4, 0.5) is 18.9 Å². The molecule has 0 radical (unpaired) electrons. The Labute approximate surface area is 169 Å². The molecule has 1 aromatic carbocycles. The van der Waals surface area contributed by atoms with Crippen molar-refractivity contribution in [3.05, 3.63) is 29.8 Å². The minimum Gasteiger partial charge on any atom is -0.355 e. The van der Waals surface area contributed by atoms with Crippen LogP contribution in [0.25, 0.3) is 0 Å². The third-order valence-electron chi connectivity index (χ3n) is 5.03. The number of benzene rings is 1. The molecule has 1 saturated heterocycles. The maximum absolute atomic E-state index is 12.6. The number of nitrogens with zero attached hydrogens (tertiary/aromatic N) is 2. The van der Waals surface area contributed by atoms with E-state index < -0.39 is 17.8 Å². The molecule has 9 heteroatoms. The molecule has 2 rings (SSSR count). The number of unbranched alkanes of at least 4 members (excludes halogenated alkanes) is 1. The average molecular weight is 414 g/mol. The number of carbonyl (C=O) groups excluding carboxylic acids is 2. The van der Waals surface area contributed by atoms with Gasteiger partial charge in [0.1, 0.15) is 0 Å². The van der Waals surface area contributed by atoms with Crippen molar-refractivity contribution < 1.29 is 22.8 Å². The van der Waals surface area contributed by atoms with Crippen molar-refractivity contribution in [1.29, 1.82) is 0 Å². The Morgan fingerprint density at radius 2 is 1.72 bits per heavy atom. The van der Waals surface area contributed by atoms with Crippen molar-refractivity contribution in [3.63, 3.8) is 0 Å². The van der Waals surface area contributed by atoms with E-state index in [2.05, 4.69) is 22.5 Å². The Bertz CT molecular complexity index is 671. The summed E-state index contributed by atoms with van der Waals surface area (Å²) in [5, 5.41) is 5.56. The Hall–Kier alpha value is -2.13. The van der Waals surface area contributed by atoms with Crippen LogP contribution in [0.15, 0.2) is 24.3 Å². The van der Waals surface area contributed by atoms with E-state index in [0.29, 0.717) is 45.0 Å². The van der Waals surface area contributed by atoms with Gasteiger partial charge in [-0.05, 0) is 37.6 Å². The molecule has 1 aliphatic heterocycles. The van der Waals surface area contributed by atoms with Gasteiger partial charge in [-0.2, -0.15) is 13.2 Å². The Morgan fingerprint density at radius 3 is 2.28 bits per heavy atom. The van der Waals surface area contributed by atoms with Crippen molar-refractivity contribution in [2.75, 3.05) is 44.6 Å². The zero-order valence-corrected chi connectivity index (χ0v) is 16.9. The molecule has 2 amide bonds. The summed E-state index contributed by atoms with van der Waals surface area (Å²) in [5.41, 5.74) is -0.421. The molecular weight excluding hydrogens is 385 g/mol. The second-order valence-corrected chi connectivity index (χ2v) is 7.26. The van der Waals surface area contributed by atoms with E-state index in [9.17, 15) is 22.8 Å². The lowest BCUT2D eigenvalue weighted by molar-refractivity contribution is -0.137. The number of alkyl halides is 3. The van der Waals surface area contributed by atoms with Gasteiger partial charge < -0.3 is 10.6 Å². The molecule has 6 nitrogen and oxygen atoms in total. The van der Waals surface area contributed by atoms with Gasteiger partial charge in [0.2, 0.25) is 11.8 Å². The summed E-state index contributed by atoms with van der Waals surface area (Å²) >= 11 is 0. The zero-order chi connectivity index (χ0) is 21.4. The Morgan fingerprint density at radius 1 is 1.10 bits per heavy atom. The van der Waals surface area contributed by atoms with E-state index in [-0.39, 0.29) is 11.8 Å². The van der Waals surface area contributed by atoms with Gasteiger partial charge in [-0.25, -0.2) is 0 Å². The lowest BCUT2D eigenvalue weighted by Crippen LogP contribution is -2.54. The summed E-state index contributed by atoms with van der Waals surface area (Å²) in [7, 11) is 0. The smallest absolute Gasteiger partial charge is 0.355 e. The number of nitrogens with one attached hydrogen (secondary N) is 2. The Balaban J connectivity index is 1.77. The fourth-order valence-corrected chi connectivity index (χ4v) is 3.13. The molecule has 0 unspecified atom stereocenters. The van der Waals surface area contributed by atoms with Crippen LogP contribution in [0.2, 0.25) is 0 Å². The quantitative estimate of drug-likeness (QED) is 0.642. The van der Waals surface area contributed by atoms with Crippen LogP contribution in [0.5, 0.6) is 0 Å². The van der Waals surface area contributed by atoms with Gasteiger partial charge in [-0.3, -0.25) is 19.4 Å². The van der Waals surface area contributed by atoms with Gasteiger partial charge >= 0.3 is 6.18 Å². The second-order valence-electron chi connectivity index (χ2n) is 7.26. The van der Waals surface area contributed by atoms with E-state index >= 15 is 0 Å². The highest BCUT2D eigenvalue weighted by Gasteiger charge is 2.30.